The molecule has 2 aromatic rings. The lowest BCUT2D eigenvalue weighted by molar-refractivity contribution is -0.135. The summed E-state index contributed by atoms with van der Waals surface area (Å²) in [6.07, 6.45) is 0. The number of hydrogen-bond acceptors (Lipinski definition) is 8. The predicted octanol–water partition coefficient (Wildman–Crippen LogP) is 3.02. The molecule has 1 saturated heterocycles. The van der Waals surface area contributed by atoms with E-state index in [0.717, 1.165) is 11.1 Å². The van der Waals surface area contributed by atoms with Crippen LogP contribution in [-0.4, -0.2) is 40.4 Å². The Bertz CT molecular complexity index is 978. The third-order valence-corrected chi connectivity index (χ3v) is 5.59. The van der Waals surface area contributed by atoms with Crippen LogP contribution < -0.4 is 28.4 Å². The first kappa shape index (κ1) is 18.5. The lowest BCUT2D eigenvalue weighted by Crippen LogP contribution is -2.17. The number of carbonyl (C=O) groups excluding carboxylic acids is 1. The highest BCUT2D eigenvalue weighted by Gasteiger charge is 2.39. The summed E-state index contributed by atoms with van der Waals surface area (Å²) in [7, 11) is 3.14. The SMILES string of the molecule is C=C1C(=O)OCC1C(c1cc(OC)c2c(c1)OCO2)c1cc(OC)c2c(c1)OCO2. The zero-order valence-electron chi connectivity index (χ0n) is 16.6. The van der Waals surface area contributed by atoms with Gasteiger partial charge in [0.15, 0.2) is 23.0 Å². The van der Waals surface area contributed by atoms with Gasteiger partial charge in [-0.25, -0.2) is 4.79 Å². The Morgan fingerprint density at radius 3 is 1.83 bits per heavy atom. The fourth-order valence-corrected chi connectivity index (χ4v) is 4.12. The van der Waals surface area contributed by atoms with E-state index in [9.17, 15) is 4.79 Å². The van der Waals surface area contributed by atoms with E-state index in [4.69, 9.17) is 33.2 Å². The van der Waals surface area contributed by atoms with Gasteiger partial charge >= 0.3 is 5.97 Å². The highest BCUT2D eigenvalue weighted by molar-refractivity contribution is 5.90. The number of esters is 1. The van der Waals surface area contributed by atoms with Gasteiger partial charge in [0.25, 0.3) is 0 Å². The molecule has 0 aliphatic carbocycles. The Labute approximate surface area is 172 Å². The summed E-state index contributed by atoms with van der Waals surface area (Å²) in [6, 6.07) is 7.54. The molecule has 0 N–H and O–H groups in total. The average molecular weight is 412 g/mol. The van der Waals surface area contributed by atoms with Gasteiger partial charge in [-0.15, -0.1) is 0 Å². The van der Waals surface area contributed by atoms with Crippen LogP contribution in [0.15, 0.2) is 36.4 Å². The topological polar surface area (TPSA) is 81.7 Å². The molecular weight excluding hydrogens is 392 g/mol. The quantitative estimate of drug-likeness (QED) is 0.548. The smallest absolute Gasteiger partial charge is 0.333 e. The second kappa shape index (κ2) is 7.05. The number of fused-ring (bicyclic) bond motifs is 2. The summed E-state index contributed by atoms with van der Waals surface area (Å²) in [5, 5.41) is 0. The van der Waals surface area contributed by atoms with Crippen LogP contribution >= 0.6 is 0 Å². The van der Waals surface area contributed by atoms with Crippen molar-refractivity contribution in [2.24, 2.45) is 5.92 Å². The van der Waals surface area contributed by atoms with Crippen molar-refractivity contribution in [3.8, 4) is 34.5 Å². The lowest BCUT2D eigenvalue weighted by atomic mass is 9.78. The maximum Gasteiger partial charge on any atom is 0.333 e. The van der Waals surface area contributed by atoms with Crippen molar-refractivity contribution in [2.75, 3.05) is 34.4 Å². The number of hydrogen-bond donors (Lipinski definition) is 0. The average Bonchev–Trinajstić information content (AvgIpc) is 3.49. The second-order valence-corrected chi connectivity index (χ2v) is 7.12. The van der Waals surface area contributed by atoms with E-state index >= 15 is 0 Å². The third-order valence-electron chi connectivity index (χ3n) is 5.59. The first-order valence-corrected chi connectivity index (χ1v) is 9.41. The molecule has 156 valence electrons. The zero-order valence-corrected chi connectivity index (χ0v) is 16.6. The Hall–Kier alpha value is -3.55. The molecule has 1 fully saturated rings. The molecule has 5 rings (SSSR count). The van der Waals surface area contributed by atoms with E-state index < -0.39 is 5.97 Å². The van der Waals surface area contributed by atoms with Crippen LogP contribution in [0.4, 0.5) is 0 Å². The Balaban J connectivity index is 1.68. The van der Waals surface area contributed by atoms with E-state index in [-0.39, 0.29) is 32.0 Å². The van der Waals surface area contributed by atoms with E-state index in [0.29, 0.717) is 40.1 Å². The number of methoxy groups -OCH3 is 2. The summed E-state index contributed by atoms with van der Waals surface area (Å²) in [6.45, 7) is 4.43. The van der Waals surface area contributed by atoms with E-state index in [2.05, 4.69) is 6.58 Å². The second-order valence-electron chi connectivity index (χ2n) is 7.12. The first-order chi connectivity index (χ1) is 14.6. The maximum absolute atomic E-state index is 12.1. The molecule has 8 nitrogen and oxygen atoms in total. The highest BCUT2D eigenvalue weighted by Crippen LogP contribution is 2.50. The third kappa shape index (κ3) is 2.79. The molecule has 2 aromatic carbocycles. The molecule has 0 radical (unpaired) electrons. The minimum absolute atomic E-state index is 0.120. The fraction of sp³-hybridized carbons (Fsp3) is 0.318. The summed E-state index contributed by atoms with van der Waals surface area (Å²) in [5.41, 5.74) is 2.14. The molecular formula is C22H20O8. The van der Waals surface area contributed by atoms with Gasteiger partial charge in [0.1, 0.15) is 0 Å². The van der Waals surface area contributed by atoms with Crippen molar-refractivity contribution >= 4 is 5.97 Å². The van der Waals surface area contributed by atoms with E-state index in [1.807, 2.05) is 24.3 Å². The number of benzene rings is 2. The van der Waals surface area contributed by atoms with Crippen LogP contribution in [0, 0.1) is 5.92 Å². The van der Waals surface area contributed by atoms with Crippen molar-refractivity contribution in [3.63, 3.8) is 0 Å². The van der Waals surface area contributed by atoms with E-state index in [1.165, 1.54) is 0 Å². The molecule has 30 heavy (non-hydrogen) atoms. The van der Waals surface area contributed by atoms with Gasteiger partial charge in [0, 0.05) is 17.4 Å². The normalized spacial score (nSPS) is 18.7. The van der Waals surface area contributed by atoms with Crippen LogP contribution in [0.25, 0.3) is 0 Å². The van der Waals surface area contributed by atoms with Gasteiger partial charge in [-0.3, -0.25) is 0 Å². The molecule has 8 heteroatoms. The fourth-order valence-electron chi connectivity index (χ4n) is 4.12. The largest absolute Gasteiger partial charge is 0.493 e. The van der Waals surface area contributed by atoms with Gasteiger partial charge in [-0.05, 0) is 35.4 Å². The van der Waals surface area contributed by atoms with Gasteiger partial charge in [-0.2, -0.15) is 0 Å². The molecule has 3 aliphatic heterocycles. The molecule has 3 heterocycles. The van der Waals surface area contributed by atoms with Crippen LogP contribution in [0.1, 0.15) is 17.0 Å². The Morgan fingerprint density at radius 2 is 1.40 bits per heavy atom. The zero-order chi connectivity index (χ0) is 20.8. The van der Waals surface area contributed by atoms with Crippen molar-refractivity contribution in [1.29, 1.82) is 0 Å². The minimum Gasteiger partial charge on any atom is -0.493 e. The van der Waals surface area contributed by atoms with Gasteiger partial charge in [0.2, 0.25) is 25.1 Å². The molecule has 3 aliphatic rings. The van der Waals surface area contributed by atoms with Crippen molar-refractivity contribution < 1.29 is 38.0 Å². The van der Waals surface area contributed by atoms with Crippen molar-refractivity contribution in [3.05, 3.63) is 47.5 Å². The number of carbonyl (C=O) groups is 1. The van der Waals surface area contributed by atoms with Gasteiger partial charge in [0.05, 0.1) is 20.8 Å². The van der Waals surface area contributed by atoms with Crippen molar-refractivity contribution in [2.45, 2.75) is 5.92 Å². The van der Waals surface area contributed by atoms with E-state index in [1.54, 1.807) is 14.2 Å². The molecule has 0 aromatic heterocycles. The number of cyclic esters (lactones) is 1. The summed E-state index contributed by atoms with van der Waals surface area (Å²) in [4.78, 5) is 12.1. The molecule has 1 atom stereocenters. The summed E-state index contributed by atoms with van der Waals surface area (Å²) in [5.74, 6) is 2.40. The standard InChI is InChI=1S/C22H20O8/c1-11-14(8-26-22(11)23)19(12-4-15(24-2)20-17(6-12)27-9-29-20)13-5-16(25-3)21-18(7-13)28-10-30-21/h4-7,14,19H,1,8-10H2,2-3H3. The predicted molar refractivity (Wildman–Crippen MR) is 104 cm³/mol. The Morgan fingerprint density at radius 1 is 0.867 bits per heavy atom. The summed E-state index contributed by atoms with van der Waals surface area (Å²) >= 11 is 0. The molecule has 0 amide bonds. The first-order valence-electron chi connectivity index (χ1n) is 9.41. The molecule has 0 bridgehead atoms. The Kier molecular flexibility index (Phi) is 4.34. The minimum atomic E-state index is -0.398. The molecule has 0 saturated carbocycles. The highest BCUT2D eigenvalue weighted by atomic mass is 16.7. The lowest BCUT2D eigenvalue weighted by Gasteiger charge is -2.25. The van der Waals surface area contributed by atoms with Gasteiger partial charge < -0.3 is 33.2 Å². The summed E-state index contributed by atoms with van der Waals surface area (Å²) < 4.78 is 38.6. The molecule has 1 unspecified atom stereocenters. The van der Waals surface area contributed by atoms with Gasteiger partial charge in [-0.1, -0.05) is 6.58 Å². The maximum atomic E-state index is 12.1. The monoisotopic (exact) mass is 412 g/mol. The number of ether oxygens (including phenoxy) is 7. The van der Waals surface area contributed by atoms with Crippen LogP contribution in [-0.2, 0) is 9.53 Å². The number of rotatable bonds is 5. The molecule has 0 spiro atoms. The van der Waals surface area contributed by atoms with Crippen molar-refractivity contribution in [1.82, 2.24) is 0 Å². The van der Waals surface area contributed by atoms with Crippen LogP contribution in [0.2, 0.25) is 0 Å². The van der Waals surface area contributed by atoms with Crippen LogP contribution in [0.3, 0.4) is 0 Å². The van der Waals surface area contributed by atoms with Crippen LogP contribution in [0.5, 0.6) is 34.5 Å².